The second-order valence-electron chi connectivity index (χ2n) is 6.98. The van der Waals surface area contributed by atoms with Gasteiger partial charge < -0.3 is 9.47 Å². The molecule has 2 rings (SSSR count). The lowest BCUT2D eigenvalue weighted by molar-refractivity contribution is -0.134. The molecule has 3 nitrogen and oxygen atoms in total. The zero-order valence-electron chi connectivity index (χ0n) is 15.6. The highest BCUT2D eigenvalue weighted by Gasteiger charge is 2.22. The fraction of sp³-hybridized carbons (Fsp3) is 0.476. The van der Waals surface area contributed by atoms with Crippen molar-refractivity contribution in [3.8, 4) is 0 Å². The van der Waals surface area contributed by atoms with Gasteiger partial charge in [-0.3, -0.25) is 4.79 Å². The lowest BCUT2D eigenvalue weighted by Crippen LogP contribution is -2.41. The van der Waals surface area contributed by atoms with Crippen molar-refractivity contribution in [1.29, 1.82) is 0 Å². The van der Waals surface area contributed by atoms with Crippen molar-refractivity contribution in [3.05, 3.63) is 59.4 Å². The summed E-state index contributed by atoms with van der Waals surface area (Å²) in [6.07, 6.45) is 2.65. The van der Waals surface area contributed by atoms with Gasteiger partial charge in [-0.1, -0.05) is 50.6 Å². The lowest BCUT2D eigenvalue weighted by atomic mass is 10.0. The van der Waals surface area contributed by atoms with Crippen molar-refractivity contribution >= 4 is 5.91 Å². The number of hydrogen-bond acceptors (Lipinski definition) is 1. The summed E-state index contributed by atoms with van der Waals surface area (Å²) < 4.78 is 2.25. The molecular formula is C21H30N2O. The Bertz CT molecular complexity index is 672. The highest BCUT2D eigenvalue weighted by Crippen LogP contribution is 2.17. The third-order valence-electron chi connectivity index (χ3n) is 4.77. The number of hydrogen-bond donors (Lipinski definition) is 0. The van der Waals surface area contributed by atoms with E-state index in [-0.39, 0.29) is 11.9 Å². The summed E-state index contributed by atoms with van der Waals surface area (Å²) in [5, 5.41) is 0. The number of amides is 1. The average Bonchev–Trinajstić information content (AvgIpc) is 2.98. The number of aryl methyl sites for hydroxylation is 1. The van der Waals surface area contributed by atoms with E-state index in [4.69, 9.17) is 0 Å². The van der Waals surface area contributed by atoms with Crippen molar-refractivity contribution in [2.45, 2.75) is 60.2 Å². The first-order valence-electron chi connectivity index (χ1n) is 8.91. The van der Waals surface area contributed by atoms with Gasteiger partial charge in [-0.05, 0) is 37.5 Å². The molecule has 0 N–H and O–H groups in total. The van der Waals surface area contributed by atoms with Crippen LogP contribution >= 0.6 is 0 Å². The first kappa shape index (κ1) is 18.3. The van der Waals surface area contributed by atoms with E-state index in [0.717, 1.165) is 6.54 Å². The summed E-state index contributed by atoms with van der Waals surface area (Å²) in [6.45, 7) is 12.1. The third-order valence-corrected chi connectivity index (χ3v) is 4.77. The first-order valence-corrected chi connectivity index (χ1v) is 8.91. The maximum Gasteiger partial charge on any atom is 0.222 e. The zero-order chi connectivity index (χ0) is 17.7. The van der Waals surface area contributed by atoms with Gasteiger partial charge in [-0.25, -0.2) is 0 Å². The van der Waals surface area contributed by atoms with Crippen LogP contribution in [0.15, 0.2) is 42.6 Å². The maximum atomic E-state index is 12.4. The van der Waals surface area contributed by atoms with Crippen LogP contribution in [0, 0.1) is 12.8 Å². The smallest absolute Gasteiger partial charge is 0.222 e. The summed E-state index contributed by atoms with van der Waals surface area (Å²) in [5.74, 6) is 0.667. The van der Waals surface area contributed by atoms with Crippen LogP contribution < -0.4 is 0 Å². The van der Waals surface area contributed by atoms with Crippen LogP contribution in [-0.4, -0.2) is 21.4 Å². The SMILES string of the molecule is CCC(=O)N(Cc1cccn1Cc1cccc(C)c1)C(C)C(C)C. The van der Waals surface area contributed by atoms with Crippen molar-refractivity contribution in [2.75, 3.05) is 0 Å². The van der Waals surface area contributed by atoms with E-state index in [0.29, 0.717) is 18.9 Å². The minimum Gasteiger partial charge on any atom is -0.345 e. The Kier molecular flexibility index (Phi) is 6.24. The van der Waals surface area contributed by atoms with Crippen molar-refractivity contribution < 1.29 is 4.79 Å². The number of carbonyl (C=O) groups excluding carboxylic acids is 1. The molecule has 3 heteroatoms. The molecule has 0 aliphatic heterocycles. The third kappa shape index (κ3) is 4.50. The number of benzene rings is 1. The number of nitrogens with zero attached hydrogens (tertiary/aromatic N) is 2. The van der Waals surface area contributed by atoms with Crippen LogP contribution in [0.2, 0.25) is 0 Å². The Hall–Kier alpha value is -2.03. The topological polar surface area (TPSA) is 25.2 Å². The zero-order valence-corrected chi connectivity index (χ0v) is 15.6. The molecule has 1 aromatic heterocycles. The molecule has 0 bridgehead atoms. The van der Waals surface area contributed by atoms with E-state index < -0.39 is 0 Å². The summed E-state index contributed by atoms with van der Waals surface area (Å²) in [6, 6.07) is 13.0. The van der Waals surface area contributed by atoms with E-state index >= 15 is 0 Å². The van der Waals surface area contributed by atoms with Crippen LogP contribution in [0.1, 0.15) is 50.9 Å². The van der Waals surface area contributed by atoms with Gasteiger partial charge >= 0.3 is 0 Å². The molecule has 1 amide bonds. The van der Waals surface area contributed by atoms with Gasteiger partial charge in [0, 0.05) is 30.9 Å². The maximum absolute atomic E-state index is 12.4. The summed E-state index contributed by atoms with van der Waals surface area (Å²) in [7, 11) is 0. The molecule has 1 unspecified atom stereocenters. The molecule has 0 fully saturated rings. The van der Waals surface area contributed by atoms with Crippen LogP contribution in [0.4, 0.5) is 0 Å². The molecule has 0 saturated heterocycles. The monoisotopic (exact) mass is 326 g/mol. The molecule has 1 atom stereocenters. The Morgan fingerprint density at radius 3 is 2.54 bits per heavy atom. The molecule has 0 aliphatic carbocycles. The van der Waals surface area contributed by atoms with Crippen LogP contribution in [0.5, 0.6) is 0 Å². The van der Waals surface area contributed by atoms with Crippen molar-refractivity contribution in [2.24, 2.45) is 5.92 Å². The summed E-state index contributed by atoms with van der Waals surface area (Å²) >= 11 is 0. The molecule has 0 saturated carbocycles. The second-order valence-corrected chi connectivity index (χ2v) is 6.98. The molecule has 0 aliphatic rings. The molecule has 1 heterocycles. The Morgan fingerprint density at radius 1 is 1.17 bits per heavy atom. The fourth-order valence-electron chi connectivity index (χ4n) is 2.95. The molecule has 24 heavy (non-hydrogen) atoms. The van der Waals surface area contributed by atoms with Gasteiger partial charge in [0.15, 0.2) is 0 Å². The molecule has 130 valence electrons. The predicted octanol–water partition coefficient (Wildman–Crippen LogP) is 4.63. The van der Waals surface area contributed by atoms with Crippen molar-refractivity contribution in [1.82, 2.24) is 9.47 Å². The predicted molar refractivity (Wildman–Crippen MR) is 99.9 cm³/mol. The number of carbonyl (C=O) groups is 1. The van der Waals surface area contributed by atoms with Crippen LogP contribution in [0.3, 0.4) is 0 Å². The summed E-state index contributed by atoms with van der Waals surface area (Å²) in [5.41, 5.74) is 3.75. The highest BCUT2D eigenvalue weighted by molar-refractivity contribution is 5.76. The van der Waals surface area contributed by atoms with Gasteiger partial charge in [0.2, 0.25) is 5.91 Å². The second kappa shape index (κ2) is 8.18. The lowest BCUT2D eigenvalue weighted by Gasteiger charge is -2.32. The van der Waals surface area contributed by atoms with Crippen LogP contribution in [0.25, 0.3) is 0 Å². The molecule has 1 aromatic carbocycles. The van der Waals surface area contributed by atoms with E-state index in [1.807, 2.05) is 11.8 Å². The highest BCUT2D eigenvalue weighted by atomic mass is 16.2. The van der Waals surface area contributed by atoms with Gasteiger partial charge in [0.25, 0.3) is 0 Å². The Balaban J connectivity index is 2.20. The molecule has 0 spiro atoms. The van der Waals surface area contributed by atoms with Gasteiger partial charge in [0.1, 0.15) is 0 Å². The Morgan fingerprint density at radius 2 is 1.92 bits per heavy atom. The van der Waals surface area contributed by atoms with Crippen molar-refractivity contribution in [3.63, 3.8) is 0 Å². The van der Waals surface area contributed by atoms with Gasteiger partial charge in [-0.2, -0.15) is 0 Å². The fourth-order valence-corrected chi connectivity index (χ4v) is 2.95. The standard InChI is InChI=1S/C21H30N2O/c1-6-21(24)23(18(5)16(2)3)15-20-11-8-12-22(20)14-19-10-7-9-17(4)13-19/h7-13,16,18H,6,14-15H2,1-5H3. The van der Waals surface area contributed by atoms with E-state index in [1.54, 1.807) is 0 Å². The van der Waals surface area contributed by atoms with E-state index in [1.165, 1.54) is 16.8 Å². The summed E-state index contributed by atoms with van der Waals surface area (Å²) in [4.78, 5) is 14.4. The van der Waals surface area contributed by atoms with Gasteiger partial charge in [-0.15, -0.1) is 0 Å². The van der Waals surface area contributed by atoms with E-state index in [9.17, 15) is 4.79 Å². The quantitative estimate of drug-likeness (QED) is 0.728. The van der Waals surface area contributed by atoms with Crippen LogP contribution in [-0.2, 0) is 17.9 Å². The van der Waals surface area contributed by atoms with E-state index in [2.05, 4.69) is 74.9 Å². The average molecular weight is 326 g/mol. The normalized spacial score (nSPS) is 12.4. The largest absolute Gasteiger partial charge is 0.345 e. The minimum absolute atomic E-state index is 0.222. The molecule has 0 radical (unpaired) electrons. The minimum atomic E-state index is 0.222. The number of rotatable bonds is 7. The molecular weight excluding hydrogens is 296 g/mol. The van der Waals surface area contributed by atoms with Gasteiger partial charge in [0.05, 0.1) is 6.54 Å². The first-order chi connectivity index (χ1) is 11.4. The Labute approximate surface area is 146 Å². The molecule has 2 aromatic rings. The number of aromatic nitrogens is 1.